The van der Waals surface area contributed by atoms with Gasteiger partial charge in [-0.05, 0) is 31.4 Å². The van der Waals surface area contributed by atoms with Crippen molar-refractivity contribution >= 4 is 29.0 Å². The van der Waals surface area contributed by atoms with Gasteiger partial charge in [0.2, 0.25) is 5.91 Å². The van der Waals surface area contributed by atoms with Gasteiger partial charge < -0.3 is 16.4 Å². The Labute approximate surface area is 122 Å². The van der Waals surface area contributed by atoms with Crippen LogP contribution in [0.2, 0.25) is 0 Å². The van der Waals surface area contributed by atoms with Crippen LogP contribution >= 0.6 is 12.2 Å². The smallest absolute Gasteiger partial charge is 0.254 e. The van der Waals surface area contributed by atoms with Gasteiger partial charge in [0.15, 0.2) is 0 Å². The number of benzene rings is 1. The summed E-state index contributed by atoms with van der Waals surface area (Å²) in [5.74, 6) is -0.657. The topological polar surface area (TPSA) is 89.4 Å². The lowest BCUT2D eigenvalue weighted by Crippen LogP contribution is -2.50. The predicted octanol–water partition coefficient (Wildman–Crippen LogP) is 0.801. The van der Waals surface area contributed by atoms with Crippen molar-refractivity contribution < 1.29 is 9.59 Å². The van der Waals surface area contributed by atoms with E-state index < -0.39 is 11.9 Å². The van der Waals surface area contributed by atoms with E-state index in [1.54, 1.807) is 29.2 Å². The number of hydrogen-bond acceptors (Lipinski definition) is 3. The molecule has 0 saturated carbocycles. The van der Waals surface area contributed by atoms with Crippen molar-refractivity contribution in [2.75, 3.05) is 6.54 Å². The molecule has 1 fully saturated rings. The first-order chi connectivity index (χ1) is 9.50. The van der Waals surface area contributed by atoms with Crippen molar-refractivity contribution in [1.29, 1.82) is 0 Å². The number of piperidine rings is 1. The van der Waals surface area contributed by atoms with Gasteiger partial charge in [-0.15, -0.1) is 0 Å². The molecule has 0 radical (unpaired) electrons. The third-order valence-corrected chi connectivity index (χ3v) is 3.72. The Balaban J connectivity index is 2.27. The van der Waals surface area contributed by atoms with Crippen molar-refractivity contribution in [3.05, 3.63) is 35.4 Å². The molecule has 0 aromatic heterocycles. The van der Waals surface area contributed by atoms with E-state index in [4.69, 9.17) is 23.7 Å². The van der Waals surface area contributed by atoms with Gasteiger partial charge in [-0.3, -0.25) is 9.59 Å². The monoisotopic (exact) mass is 291 g/mol. The van der Waals surface area contributed by atoms with Gasteiger partial charge in [0.25, 0.3) is 5.91 Å². The van der Waals surface area contributed by atoms with Crippen LogP contribution in [0.5, 0.6) is 0 Å². The van der Waals surface area contributed by atoms with Crippen molar-refractivity contribution in [2.24, 2.45) is 11.5 Å². The lowest BCUT2D eigenvalue weighted by molar-refractivity contribution is -0.123. The fraction of sp³-hybridized carbons (Fsp3) is 0.357. The molecule has 1 heterocycles. The first-order valence-corrected chi connectivity index (χ1v) is 6.91. The van der Waals surface area contributed by atoms with Gasteiger partial charge in [-0.2, -0.15) is 0 Å². The minimum Gasteiger partial charge on any atom is -0.389 e. The Kier molecular flexibility index (Phi) is 4.34. The molecule has 1 aliphatic rings. The Morgan fingerprint density at radius 3 is 2.55 bits per heavy atom. The summed E-state index contributed by atoms with van der Waals surface area (Å²) in [6.45, 7) is 0.545. The molecule has 4 N–H and O–H groups in total. The zero-order chi connectivity index (χ0) is 14.7. The van der Waals surface area contributed by atoms with E-state index in [1.165, 1.54) is 0 Å². The van der Waals surface area contributed by atoms with Gasteiger partial charge in [0.1, 0.15) is 11.0 Å². The van der Waals surface area contributed by atoms with Crippen LogP contribution in [-0.2, 0) is 4.79 Å². The number of primary amides is 1. The van der Waals surface area contributed by atoms with Crippen LogP contribution in [0.1, 0.15) is 35.2 Å². The van der Waals surface area contributed by atoms with Crippen molar-refractivity contribution in [3.8, 4) is 0 Å². The Hall–Kier alpha value is -1.95. The molecule has 1 aromatic rings. The maximum absolute atomic E-state index is 12.5. The maximum Gasteiger partial charge on any atom is 0.254 e. The van der Waals surface area contributed by atoms with Crippen LogP contribution in [0.3, 0.4) is 0 Å². The average molecular weight is 291 g/mol. The summed E-state index contributed by atoms with van der Waals surface area (Å²) >= 11 is 4.91. The molecular formula is C14H17N3O2S. The number of nitrogens with two attached hydrogens (primary N) is 2. The van der Waals surface area contributed by atoms with Crippen LogP contribution in [0.25, 0.3) is 0 Å². The number of nitrogens with zero attached hydrogens (tertiary/aromatic N) is 1. The van der Waals surface area contributed by atoms with E-state index in [1.807, 2.05) is 0 Å². The highest BCUT2D eigenvalue weighted by atomic mass is 32.1. The molecule has 1 unspecified atom stereocenters. The zero-order valence-electron chi connectivity index (χ0n) is 11.0. The molecule has 1 aromatic carbocycles. The van der Waals surface area contributed by atoms with Gasteiger partial charge in [-0.25, -0.2) is 0 Å². The summed E-state index contributed by atoms with van der Waals surface area (Å²) in [4.78, 5) is 25.8. The Morgan fingerprint density at radius 1 is 1.20 bits per heavy atom. The molecule has 20 heavy (non-hydrogen) atoms. The van der Waals surface area contributed by atoms with Gasteiger partial charge in [-0.1, -0.05) is 24.4 Å². The van der Waals surface area contributed by atoms with Crippen LogP contribution < -0.4 is 11.5 Å². The second kappa shape index (κ2) is 6.00. The standard InChI is InChI=1S/C14H17N3O2S/c15-12(18)11-6-1-2-7-17(11)14(19)10-5-3-4-9(8-10)13(16)20/h3-5,8,11H,1-2,6-7H2,(H2,15,18)(H2,16,20). The normalized spacial score (nSPS) is 18.6. The van der Waals surface area contributed by atoms with Crippen LogP contribution in [-0.4, -0.2) is 34.3 Å². The fourth-order valence-electron chi connectivity index (χ4n) is 2.44. The van der Waals surface area contributed by atoms with E-state index >= 15 is 0 Å². The molecule has 1 atom stereocenters. The van der Waals surface area contributed by atoms with E-state index in [2.05, 4.69) is 0 Å². The average Bonchev–Trinajstić information content (AvgIpc) is 2.46. The van der Waals surface area contributed by atoms with E-state index in [9.17, 15) is 9.59 Å². The first-order valence-electron chi connectivity index (χ1n) is 6.51. The summed E-state index contributed by atoms with van der Waals surface area (Å²) in [5.41, 5.74) is 12.1. The quantitative estimate of drug-likeness (QED) is 0.806. The summed E-state index contributed by atoms with van der Waals surface area (Å²) in [6, 6.07) is 6.30. The highest BCUT2D eigenvalue weighted by Crippen LogP contribution is 2.20. The number of hydrogen-bond donors (Lipinski definition) is 2. The molecule has 2 amide bonds. The molecule has 1 saturated heterocycles. The SMILES string of the molecule is NC(=O)C1CCCCN1C(=O)c1cccc(C(N)=S)c1. The van der Waals surface area contributed by atoms with Crippen LogP contribution in [0.15, 0.2) is 24.3 Å². The minimum atomic E-state index is -0.523. The highest BCUT2D eigenvalue weighted by molar-refractivity contribution is 7.80. The van der Waals surface area contributed by atoms with Crippen molar-refractivity contribution in [1.82, 2.24) is 4.90 Å². The number of carbonyl (C=O) groups excluding carboxylic acids is 2. The number of likely N-dealkylation sites (tertiary alicyclic amines) is 1. The molecule has 106 valence electrons. The lowest BCUT2D eigenvalue weighted by Gasteiger charge is -2.33. The van der Waals surface area contributed by atoms with Crippen LogP contribution in [0, 0.1) is 0 Å². The summed E-state index contributed by atoms with van der Waals surface area (Å²) in [7, 11) is 0. The zero-order valence-corrected chi connectivity index (χ0v) is 11.9. The number of rotatable bonds is 3. The third kappa shape index (κ3) is 2.96. The molecule has 1 aliphatic heterocycles. The van der Waals surface area contributed by atoms with Gasteiger partial charge in [0.05, 0.1) is 0 Å². The second-order valence-corrected chi connectivity index (χ2v) is 5.30. The molecule has 5 nitrogen and oxygen atoms in total. The predicted molar refractivity (Wildman–Crippen MR) is 80.2 cm³/mol. The second-order valence-electron chi connectivity index (χ2n) is 4.86. The van der Waals surface area contributed by atoms with Gasteiger partial charge in [0, 0.05) is 17.7 Å². The minimum absolute atomic E-state index is 0.202. The Bertz CT molecular complexity index is 559. The van der Waals surface area contributed by atoms with Gasteiger partial charge >= 0.3 is 0 Å². The maximum atomic E-state index is 12.5. The molecule has 0 aliphatic carbocycles. The molecule has 0 bridgehead atoms. The van der Waals surface area contributed by atoms with E-state index in [0.717, 1.165) is 12.8 Å². The molecule has 6 heteroatoms. The van der Waals surface area contributed by atoms with Crippen molar-refractivity contribution in [3.63, 3.8) is 0 Å². The summed E-state index contributed by atoms with van der Waals surface area (Å²) < 4.78 is 0. The molecule has 0 spiro atoms. The summed E-state index contributed by atoms with van der Waals surface area (Å²) in [6.07, 6.45) is 2.41. The Morgan fingerprint density at radius 2 is 1.90 bits per heavy atom. The van der Waals surface area contributed by atoms with E-state index in [0.29, 0.717) is 24.1 Å². The highest BCUT2D eigenvalue weighted by Gasteiger charge is 2.31. The van der Waals surface area contributed by atoms with Crippen molar-refractivity contribution in [2.45, 2.75) is 25.3 Å². The third-order valence-electron chi connectivity index (χ3n) is 3.49. The lowest BCUT2D eigenvalue weighted by atomic mass is 10.00. The van der Waals surface area contributed by atoms with E-state index in [-0.39, 0.29) is 10.9 Å². The number of thiocarbonyl (C=S) groups is 1. The first kappa shape index (κ1) is 14.5. The fourth-order valence-corrected chi connectivity index (χ4v) is 2.57. The number of amides is 2. The molecule has 2 rings (SSSR count). The molecular weight excluding hydrogens is 274 g/mol. The summed E-state index contributed by atoms with van der Waals surface area (Å²) in [5, 5.41) is 0. The largest absolute Gasteiger partial charge is 0.389 e. The van der Waals surface area contributed by atoms with Crippen LogP contribution in [0.4, 0.5) is 0 Å². The number of carbonyl (C=O) groups is 2.